The molecule has 0 bridgehead atoms. The largest absolute Gasteiger partial charge is 0.381 e. The zero-order chi connectivity index (χ0) is 67.9. The summed E-state index contributed by atoms with van der Waals surface area (Å²) < 4.78 is 4.22. The quantitative estimate of drug-likeness (QED) is 0.0322. The molecule has 0 fully saturated rings. The molecule has 0 aliphatic heterocycles. The standard InChI is InChI=1S/C28H26N4O.C26H28N4O.C22H20N4O.C3H8.C2H6/c1-22-19-29-20-23(21-30-24-11-5-2-6-12-24)28(22)32(26-15-9-4-10-16-26)27(17-18-33)31-25-13-7-3-8-14-25;1-3-15-29(4-2)19-20-17-27-18-23-24(31)16-25(28-21-11-7-5-8-12-21)30(26(20)23)22-13-9-6-10-14-22;1-23-13-16-14-24-15-19-20(27)12-21(25-17-8-4-2-5-9-17)26(22(16)19)18-10-6-3-7-11-18;1-3-2;1-2/h2-20,30-31H,21H2,1H3;5-14,16-18,28H,3-4,15,19H2,1-2H3;2-12,14-15,23,25H,13H2,1H3;3H2,1-2H3;1-2H3/b27-17-;;;;. The maximum absolute atomic E-state index is 13.1. The average molecular weight is 1280 g/mol. The summed E-state index contributed by atoms with van der Waals surface area (Å²) in [6, 6.07) is 73.2. The molecule has 0 aliphatic carbocycles. The van der Waals surface area contributed by atoms with E-state index in [9.17, 15) is 14.4 Å². The van der Waals surface area contributed by atoms with Crippen molar-refractivity contribution in [3.05, 3.63) is 316 Å². The molecule has 0 aliphatic rings. The lowest BCUT2D eigenvalue weighted by Gasteiger charge is -2.31. The van der Waals surface area contributed by atoms with Gasteiger partial charge < -0.3 is 26.6 Å². The maximum atomic E-state index is 13.1. The molecule has 7 aromatic carbocycles. The third-order valence-corrected chi connectivity index (χ3v) is 15.0. The number of anilines is 8. The first-order chi connectivity index (χ1) is 47.2. The van der Waals surface area contributed by atoms with Crippen LogP contribution in [0.3, 0.4) is 0 Å². The Kier molecular flexibility index (Phi) is 27.5. The summed E-state index contributed by atoms with van der Waals surface area (Å²) in [5.41, 5.74) is 13.3. The number of hydrogen-bond acceptors (Lipinski definition) is 13. The van der Waals surface area contributed by atoms with Gasteiger partial charge in [-0.3, -0.25) is 48.3 Å². The van der Waals surface area contributed by atoms with Gasteiger partial charge in [0, 0.05) is 132 Å². The van der Waals surface area contributed by atoms with Crippen molar-refractivity contribution in [2.45, 2.75) is 80.9 Å². The number of benzene rings is 7. The summed E-state index contributed by atoms with van der Waals surface area (Å²) in [6.07, 6.45) is 15.4. The highest BCUT2D eigenvalue weighted by Gasteiger charge is 2.22. The van der Waals surface area contributed by atoms with Crippen molar-refractivity contribution in [2.75, 3.05) is 46.3 Å². The van der Waals surface area contributed by atoms with E-state index in [0.29, 0.717) is 35.5 Å². The molecule has 96 heavy (non-hydrogen) atoms. The number of para-hydroxylation sites is 7. The molecule has 5 heterocycles. The molecule has 0 atom stereocenters. The van der Waals surface area contributed by atoms with E-state index in [2.05, 4.69) is 100 Å². The van der Waals surface area contributed by atoms with Crippen molar-refractivity contribution in [1.29, 1.82) is 0 Å². The van der Waals surface area contributed by atoms with Crippen molar-refractivity contribution in [3.8, 4) is 11.4 Å². The average Bonchev–Trinajstić information content (AvgIpc) is 0.771. The van der Waals surface area contributed by atoms with Crippen LogP contribution in [-0.4, -0.2) is 55.4 Å². The number of nitrogens with zero attached hydrogens (tertiary/aromatic N) is 7. The van der Waals surface area contributed by atoms with Crippen LogP contribution in [0.15, 0.2) is 283 Å². The van der Waals surface area contributed by atoms with Gasteiger partial charge in [-0.2, -0.15) is 0 Å². The number of pyridine rings is 5. The number of aldehydes is 1. The lowest BCUT2D eigenvalue weighted by Crippen LogP contribution is -2.25. The Morgan fingerprint density at radius 3 is 1.38 bits per heavy atom. The summed E-state index contributed by atoms with van der Waals surface area (Å²) >= 11 is 0. The van der Waals surface area contributed by atoms with Gasteiger partial charge in [0.15, 0.2) is 10.9 Å². The third-order valence-electron chi connectivity index (χ3n) is 15.0. The molecule has 0 unspecified atom stereocenters. The van der Waals surface area contributed by atoms with Crippen molar-refractivity contribution in [3.63, 3.8) is 0 Å². The Hall–Kier alpha value is -11.3. The second kappa shape index (κ2) is 37.4. The molecule has 5 N–H and O–H groups in total. The second-order valence-corrected chi connectivity index (χ2v) is 22.1. The van der Waals surface area contributed by atoms with Crippen LogP contribution in [0.5, 0.6) is 0 Å². The highest BCUT2D eigenvalue weighted by molar-refractivity contribution is 5.88. The summed E-state index contributed by atoms with van der Waals surface area (Å²) in [5, 5.41) is 18.1. The van der Waals surface area contributed by atoms with Gasteiger partial charge in [0.2, 0.25) is 0 Å². The van der Waals surface area contributed by atoms with E-state index in [0.717, 1.165) is 117 Å². The topological polar surface area (TPSA) is 166 Å². The summed E-state index contributed by atoms with van der Waals surface area (Å²) in [6.45, 7) is 18.5. The summed E-state index contributed by atoms with van der Waals surface area (Å²) in [5.74, 6) is 2.10. The highest BCUT2D eigenvalue weighted by Crippen LogP contribution is 2.36. The zero-order valence-electron chi connectivity index (χ0n) is 56.3. The molecule has 0 amide bonds. The number of nitrogens with one attached hydrogen (secondary N) is 5. The number of aromatic nitrogens is 5. The Morgan fingerprint density at radius 2 is 0.917 bits per heavy atom. The van der Waals surface area contributed by atoms with Gasteiger partial charge in [-0.25, -0.2) is 0 Å². The highest BCUT2D eigenvalue weighted by atomic mass is 16.1. The molecule has 12 rings (SSSR count). The van der Waals surface area contributed by atoms with Gasteiger partial charge in [-0.05, 0) is 124 Å². The molecule has 12 aromatic rings. The molecule has 0 saturated carbocycles. The van der Waals surface area contributed by atoms with E-state index < -0.39 is 0 Å². The van der Waals surface area contributed by atoms with Crippen LogP contribution in [0.25, 0.3) is 33.2 Å². The predicted octanol–water partition coefficient (Wildman–Crippen LogP) is 17.9. The van der Waals surface area contributed by atoms with Crippen LogP contribution < -0.4 is 42.3 Å². The van der Waals surface area contributed by atoms with Gasteiger partial charge in [-0.15, -0.1) is 0 Å². The van der Waals surface area contributed by atoms with E-state index in [1.165, 1.54) is 6.42 Å². The lowest BCUT2D eigenvalue weighted by molar-refractivity contribution is -0.104. The Bertz CT molecular complexity index is 4460. The minimum Gasteiger partial charge on any atom is -0.381 e. The van der Waals surface area contributed by atoms with Crippen molar-refractivity contribution in [1.82, 2.24) is 34.3 Å². The zero-order valence-corrected chi connectivity index (χ0v) is 56.3. The van der Waals surface area contributed by atoms with E-state index in [1.807, 2.05) is 253 Å². The molecule has 0 saturated heterocycles. The maximum Gasteiger partial charge on any atom is 0.193 e. The van der Waals surface area contributed by atoms with Crippen molar-refractivity contribution < 1.29 is 4.79 Å². The fraction of sp³-hybridized carbons (Fsp3) is 0.185. The molecule has 15 nitrogen and oxygen atoms in total. The summed E-state index contributed by atoms with van der Waals surface area (Å²) in [7, 11) is 1.88. The SMILES string of the molecule is CC.CCC.CCCN(CC)Cc1cncc2c(=O)cc(Nc3ccccc3)n(-c3ccccc3)c12.CNCc1cncc2c(=O)cc(Nc3ccccc3)n(-c3ccccc3)c12.Cc1cncc(CNc2ccccc2)c1N(/C(=C\C=O)Nc1ccccc1)c1ccccc1. The number of carbonyl (C=O) groups is 1. The minimum atomic E-state index is -0.0546. The van der Waals surface area contributed by atoms with E-state index in [1.54, 1.807) is 30.6 Å². The lowest BCUT2D eigenvalue weighted by atomic mass is 10.1. The van der Waals surface area contributed by atoms with E-state index in [-0.39, 0.29) is 10.9 Å². The number of hydrogen-bond donors (Lipinski definition) is 5. The molecule has 5 aromatic heterocycles. The van der Waals surface area contributed by atoms with Gasteiger partial charge in [0.25, 0.3) is 0 Å². The van der Waals surface area contributed by atoms with Gasteiger partial charge >= 0.3 is 0 Å². The fourth-order valence-electron chi connectivity index (χ4n) is 10.9. The number of carbonyl (C=O) groups excluding carboxylic acids is 1. The Morgan fingerprint density at radius 1 is 0.500 bits per heavy atom. The van der Waals surface area contributed by atoms with Crippen molar-refractivity contribution in [2.24, 2.45) is 0 Å². The molecule has 15 heteroatoms. The number of aryl methyl sites for hydroxylation is 1. The number of rotatable bonds is 22. The molecule has 490 valence electrons. The number of allylic oxidation sites excluding steroid dienone is 1. The fourth-order valence-corrected chi connectivity index (χ4v) is 10.9. The van der Waals surface area contributed by atoms with E-state index >= 15 is 0 Å². The molecule has 0 radical (unpaired) electrons. The first-order valence-electron chi connectivity index (χ1n) is 32.9. The first-order valence-corrected chi connectivity index (χ1v) is 32.9. The Balaban J connectivity index is 0.000000179. The smallest absolute Gasteiger partial charge is 0.193 e. The van der Waals surface area contributed by atoms with Crippen LogP contribution in [0, 0.1) is 6.92 Å². The van der Waals surface area contributed by atoms with Gasteiger partial charge in [0.05, 0.1) is 27.5 Å². The Labute approximate surface area is 564 Å². The first kappa shape index (κ1) is 70.6. The molecular formula is C81H88N12O3. The van der Waals surface area contributed by atoms with Crippen LogP contribution in [-0.2, 0) is 24.4 Å². The number of fused-ring (bicyclic) bond motifs is 2. The van der Waals surface area contributed by atoms with Crippen LogP contribution in [0.1, 0.15) is 76.6 Å². The van der Waals surface area contributed by atoms with Crippen LogP contribution in [0.4, 0.5) is 45.8 Å². The van der Waals surface area contributed by atoms with Crippen LogP contribution >= 0.6 is 0 Å². The second-order valence-electron chi connectivity index (χ2n) is 22.1. The van der Waals surface area contributed by atoms with Crippen molar-refractivity contribution >= 4 is 73.9 Å². The normalized spacial score (nSPS) is 10.7. The molecule has 0 spiro atoms. The predicted molar refractivity (Wildman–Crippen MR) is 401 cm³/mol. The monoisotopic (exact) mass is 1280 g/mol. The van der Waals surface area contributed by atoms with E-state index in [4.69, 9.17) is 0 Å². The minimum absolute atomic E-state index is 0.0338. The summed E-state index contributed by atoms with van der Waals surface area (Å²) in [4.78, 5) is 55.2. The van der Waals surface area contributed by atoms with Crippen LogP contribution in [0.2, 0.25) is 0 Å². The van der Waals surface area contributed by atoms with Gasteiger partial charge in [-0.1, -0.05) is 175 Å². The third kappa shape index (κ3) is 19.0. The molecular weight excluding hydrogens is 1190 g/mol. The van der Waals surface area contributed by atoms with Gasteiger partial charge in [0.1, 0.15) is 23.7 Å².